The number of hydrogen-bond acceptors (Lipinski definition) is 6. The second kappa shape index (κ2) is 8.86. The SMILES string of the molecule is COc1ccc(NC(=O)c2cnc(NCCC(C)C)cn2)cc1OC. The summed E-state index contributed by atoms with van der Waals surface area (Å²) in [5.74, 6) is 2.07. The molecule has 0 saturated carbocycles. The Balaban J connectivity index is 1.98. The summed E-state index contributed by atoms with van der Waals surface area (Å²) in [7, 11) is 3.10. The van der Waals surface area contributed by atoms with E-state index in [0.29, 0.717) is 28.9 Å². The van der Waals surface area contributed by atoms with Gasteiger partial charge in [0.1, 0.15) is 11.5 Å². The molecule has 0 aliphatic carbocycles. The monoisotopic (exact) mass is 344 g/mol. The van der Waals surface area contributed by atoms with E-state index in [1.54, 1.807) is 38.6 Å². The van der Waals surface area contributed by atoms with Gasteiger partial charge in [0.05, 0.1) is 26.6 Å². The number of rotatable bonds is 8. The van der Waals surface area contributed by atoms with Crippen molar-refractivity contribution >= 4 is 17.4 Å². The van der Waals surface area contributed by atoms with Gasteiger partial charge in [0, 0.05) is 18.3 Å². The average molecular weight is 344 g/mol. The van der Waals surface area contributed by atoms with E-state index < -0.39 is 0 Å². The number of ether oxygens (including phenoxy) is 2. The number of aromatic nitrogens is 2. The van der Waals surface area contributed by atoms with Gasteiger partial charge in [0.25, 0.3) is 5.91 Å². The highest BCUT2D eigenvalue weighted by molar-refractivity contribution is 6.02. The molecule has 0 saturated heterocycles. The molecule has 1 heterocycles. The molecule has 2 rings (SSSR count). The summed E-state index contributed by atoms with van der Waals surface area (Å²) < 4.78 is 10.4. The lowest BCUT2D eigenvalue weighted by atomic mass is 10.1. The molecule has 0 atom stereocenters. The maximum atomic E-state index is 12.3. The number of nitrogens with zero attached hydrogens (tertiary/aromatic N) is 2. The topological polar surface area (TPSA) is 85.4 Å². The molecular formula is C18H24N4O3. The van der Waals surface area contributed by atoms with Crippen molar-refractivity contribution in [2.24, 2.45) is 5.92 Å². The number of carbonyl (C=O) groups excluding carboxylic acids is 1. The van der Waals surface area contributed by atoms with Crippen LogP contribution in [-0.4, -0.2) is 36.6 Å². The largest absolute Gasteiger partial charge is 0.493 e. The first-order valence-corrected chi connectivity index (χ1v) is 8.12. The third-order valence-electron chi connectivity index (χ3n) is 3.55. The first-order chi connectivity index (χ1) is 12.0. The van der Waals surface area contributed by atoms with E-state index in [1.165, 1.54) is 6.20 Å². The van der Waals surface area contributed by atoms with Crippen molar-refractivity contribution in [3.63, 3.8) is 0 Å². The molecule has 1 aromatic heterocycles. The summed E-state index contributed by atoms with van der Waals surface area (Å²) in [6.45, 7) is 5.15. The van der Waals surface area contributed by atoms with Gasteiger partial charge in [-0.25, -0.2) is 9.97 Å². The van der Waals surface area contributed by atoms with Gasteiger partial charge in [-0.3, -0.25) is 4.79 Å². The summed E-state index contributed by atoms with van der Waals surface area (Å²) in [5.41, 5.74) is 0.827. The molecular weight excluding hydrogens is 320 g/mol. The minimum Gasteiger partial charge on any atom is -0.493 e. The van der Waals surface area contributed by atoms with Crippen LogP contribution in [0.2, 0.25) is 0 Å². The fourth-order valence-corrected chi connectivity index (χ4v) is 2.13. The number of methoxy groups -OCH3 is 2. The van der Waals surface area contributed by atoms with E-state index >= 15 is 0 Å². The lowest BCUT2D eigenvalue weighted by Crippen LogP contribution is -2.15. The van der Waals surface area contributed by atoms with E-state index in [1.807, 2.05) is 0 Å². The Kier molecular flexibility index (Phi) is 6.56. The van der Waals surface area contributed by atoms with Crippen LogP contribution in [0.4, 0.5) is 11.5 Å². The molecule has 134 valence electrons. The highest BCUT2D eigenvalue weighted by Gasteiger charge is 2.11. The second-order valence-corrected chi connectivity index (χ2v) is 5.92. The summed E-state index contributed by atoms with van der Waals surface area (Å²) >= 11 is 0. The van der Waals surface area contributed by atoms with Crippen molar-refractivity contribution in [2.45, 2.75) is 20.3 Å². The number of benzene rings is 1. The highest BCUT2D eigenvalue weighted by Crippen LogP contribution is 2.29. The minimum absolute atomic E-state index is 0.240. The zero-order valence-electron chi connectivity index (χ0n) is 15.0. The summed E-state index contributed by atoms with van der Waals surface area (Å²) in [4.78, 5) is 20.7. The van der Waals surface area contributed by atoms with Crippen molar-refractivity contribution in [3.8, 4) is 11.5 Å². The van der Waals surface area contributed by atoms with Crippen molar-refractivity contribution < 1.29 is 14.3 Å². The van der Waals surface area contributed by atoms with Gasteiger partial charge in [0.2, 0.25) is 0 Å². The molecule has 1 aromatic carbocycles. The van der Waals surface area contributed by atoms with E-state index in [9.17, 15) is 4.79 Å². The molecule has 0 spiro atoms. The zero-order valence-corrected chi connectivity index (χ0v) is 15.0. The van der Waals surface area contributed by atoms with Crippen LogP contribution in [0.1, 0.15) is 30.8 Å². The molecule has 7 nitrogen and oxygen atoms in total. The first-order valence-electron chi connectivity index (χ1n) is 8.12. The van der Waals surface area contributed by atoms with Crippen LogP contribution in [0.25, 0.3) is 0 Å². The van der Waals surface area contributed by atoms with E-state index in [0.717, 1.165) is 13.0 Å². The summed E-state index contributed by atoms with van der Waals surface area (Å²) in [6, 6.07) is 5.14. The third kappa shape index (κ3) is 5.34. The molecule has 0 fully saturated rings. The standard InChI is InChI=1S/C18H24N4O3/c1-12(2)7-8-19-17-11-20-14(10-21-17)18(23)22-13-5-6-15(24-3)16(9-13)25-4/h5-6,9-12H,7-8H2,1-4H3,(H,19,21)(H,22,23). The molecule has 0 bridgehead atoms. The fourth-order valence-electron chi connectivity index (χ4n) is 2.13. The molecule has 2 aromatic rings. The number of amides is 1. The quantitative estimate of drug-likeness (QED) is 0.765. The van der Waals surface area contributed by atoms with E-state index in [2.05, 4.69) is 34.4 Å². The summed E-state index contributed by atoms with van der Waals surface area (Å²) in [5, 5.41) is 5.95. The lowest BCUT2D eigenvalue weighted by Gasteiger charge is -2.10. The van der Waals surface area contributed by atoms with Crippen LogP contribution < -0.4 is 20.1 Å². The summed E-state index contributed by atoms with van der Waals surface area (Å²) in [6.07, 6.45) is 4.06. The molecule has 7 heteroatoms. The first kappa shape index (κ1) is 18.5. The maximum Gasteiger partial charge on any atom is 0.275 e. The lowest BCUT2D eigenvalue weighted by molar-refractivity contribution is 0.102. The highest BCUT2D eigenvalue weighted by atomic mass is 16.5. The fraction of sp³-hybridized carbons (Fsp3) is 0.389. The predicted molar refractivity (Wildman–Crippen MR) is 97.5 cm³/mol. The van der Waals surface area contributed by atoms with Crippen LogP contribution in [0.3, 0.4) is 0 Å². The van der Waals surface area contributed by atoms with Crippen molar-refractivity contribution in [3.05, 3.63) is 36.3 Å². The number of nitrogens with one attached hydrogen (secondary N) is 2. The Bertz CT molecular complexity index is 702. The Morgan fingerprint density at radius 2 is 1.88 bits per heavy atom. The molecule has 0 radical (unpaired) electrons. The predicted octanol–water partition coefficient (Wildman–Crippen LogP) is 3.20. The number of hydrogen-bond donors (Lipinski definition) is 2. The third-order valence-corrected chi connectivity index (χ3v) is 3.55. The van der Waals surface area contributed by atoms with Gasteiger partial charge < -0.3 is 20.1 Å². The molecule has 0 aliphatic heterocycles. The van der Waals surface area contributed by atoms with Crippen LogP contribution in [0, 0.1) is 5.92 Å². The van der Waals surface area contributed by atoms with Gasteiger partial charge in [-0.2, -0.15) is 0 Å². The van der Waals surface area contributed by atoms with Crippen molar-refractivity contribution in [1.29, 1.82) is 0 Å². The zero-order chi connectivity index (χ0) is 18.2. The van der Waals surface area contributed by atoms with E-state index in [4.69, 9.17) is 9.47 Å². The Hall–Kier alpha value is -2.83. The second-order valence-electron chi connectivity index (χ2n) is 5.92. The van der Waals surface area contributed by atoms with E-state index in [-0.39, 0.29) is 11.6 Å². The van der Waals surface area contributed by atoms with Gasteiger partial charge in [0.15, 0.2) is 11.5 Å². The number of anilines is 2. The van der Waals surface area contributed by atoms with Gasteiger partial charge in [-0.1, -0.05) is 13.8 Å². The van der Waals surface area contributed by atoms with Crippen LogP contribution in [0.15, 0.2) is 30.6 Å². The number of carbonyl (C=O) groups is 1. The molecule has 0 unspecified atom stereocenters. The van der Waals surface area contributed by atoms with Crippen molar-refractivity contribution in [2.75, 3.05) is 31.4 Å². The molecule has 25 heavy (non-hydrogen) atoms. The minimum atomic E-state index is -0.339. The maximum absolute atomic E-state index is 12.3. The van der Waals surface area contributed by atoms with Crippen LogP contribution >= 0.6 is 0 Å². The van der Waals surface area contributed by atoms with Gasteiger partial charge in [-0.15, -0.1) is 0 Å². The van der Waals surface area contributed by atoms with Crippen LogP contribution in [-0.2, 0) is 0 Å². The average Bonchev–Trinajstić information content (AvgIpc) is 2.61. The Morgan fingerprint density at radius 1 is 1.12 bits per heavy atom. The Labute approximate surface area is 147 Å². The molecule has 1 amide bonds. The van der Waals surface area contributed by atoms with Gasteiger partial charge in [-0.05, 0) is 24.5 Å². The van der Waals surface area contributed by atoms with Crippen LogP contribution in [0.5, 0.6) is 11.5 Å². The molecule has 0 aliphatic rings. The smallest absolute Gasteiger partial charge is 0.275 e. The normalized spacial score (nSPS) is 10.4. The van der Waals surface area contributed by atoms with Gasteiger partial charge >= 0.3 is 0 Å². The van der Waals surface area contributed by atoms with Crippen molar-refractivity contribution in [1.82, 2.24) is 9.97 Å². The molecule has 2 N–H and O–H groups in total. The Morgan fingerprint density at radius 3 is 2.48 bits per heavy atom.